The zero-order valence-electron chi connectivity index (χ0n) is 21.0. The minimum Gasteiger partial charge on any atom is -0.442 e. The Morgan fingerprint density at radius 2 is 1.29 bits per heavy atom. The van der Waals surface area contributed by atoms with E-state index in [1.807, 2.05) is 78.9 Å². The maximum Gasteiger partial charge on any atom is 0.333 e. The summed E-state index contributed by atoms with van der Waals surface area (Å²) in [5.41, 5.74) is 6.41. The van der Waals surface area contributed by atoms with Crippen LogP contribution in [0.5, 0.6) is 0 Å². The van der Waals surface area contributed by atoms with Crippen molar-refractivity contribution in [2.45, 2.75) is 5.60 Å². The third-order valence-corrected chi connectivity index (χ3v) is 7.48. The van der Waals surface area contributed by atoms with Crippen LogP contribution >= 0.6 is 20.2 Å². The van der Waals surface area contributed by atoms with Crippen LogP contribution in [-0.2, 0) is 24.6 Å². The first kappa shape index (κ1) is 28.0. The van der Waals surface area contributed by atoms with Crippen LogP contribution in [0.3, 0.4) is 0 Å². The highest BCUT2D eigenvalue weighted by Gasteiger charge is 2.42. The molecule has 4 aromatic carbocycles. The lowest BCUT2D eigenvalue weighted by Gasteiger charge is -2.36. The van der Waals surface area contributed by atoms with E-state index in [1.165, 1.54) is 10.6 Å². The number of hydrogen-bond donors (Lipinski definition) is 1. The van der Waals surface area contributed by atoms with Crippen LogP contribution in [0.1, 0.15) is 16.7 Å². The summed E-state index contributed by atoms with van der Waals surface area (Å²) in [6.45, 7) is 1.26. The second-order valence-electron chi connectivity index (χ2n) is 8.52. The highest BCUT2D eigenvalue weighted by Crippen LogP contribution is 2.43. The molecule has 0 bridgehead atoms. The van der Waals surface area contributed by atoms with E-state index < -0.39 is 11.6 Å². The van der Waals surface area contributed by atoms with Gasteiger partial charge in [0.2, 0.25) is 0 Å². The Morgan fingerprint density at radius 3 is 1.97 bits per heavy atom. The van der Waals surface area contributed by atoms with Crippen LogP contribution in [0, 0.1) is 0 Å². The average molecular weight is 548 g/mol. The van der Waals surface area contributed by atoms with Gasteiger partial charge in [0.05, 0.1) is 19.8 Å². The van der Waals surface area contributed by atoms with Gasteiger partial charge in [0.1, 0.15) is 6.61 Å². The second-order valence-corrected chi connectivity index (χ2v) is 10.3. The predicted molar refractivity (Wildman–Crippen MR) is 155 cm³/mol. The Hall–Kier alpha value is -3.05. The Kier molecular flexibility index (Phi) is 10.5. The molecule has 2 unspecified atom stereocenters. The van der Waals surface area contributed by atoms with E-state index in [4.69, 9.17) is 31.5 Å². The van der Waals surface area contributed by atoms with Crippen LogP contribution in [0.25, 0.3) is 0 Å². The van der Waals surface area contributed by atoms with Gasteiger partial charge in [-0.15, -0.1) is 0 Å². The standard InChI is InChI=1S/C31H31ClNO4P/c32-29-14-8-7-13-28(29)31(24-9-3-1-4-10-24,37-30(34)23-36-22-21-35-20-19-33)25-15-17-27(18-16-25)38-26-11-5-2-6-12-26/h1-18,38H,19-23,33H2. The molecule has 38 heavy (non-hydrogen) atoms. The molecule has 0 fully saturated rings. The molecule has 0 aromatic heterocycles. The van der Waals surface area contributed by atoms with Crippen LogP contribution in [0.2, 0.25) is 5.02 Å². The summed E-state index contributed by atoms with van der Waals surface area (Å²) in [6, 6.07) is 35.6. The number of ether oxygens (including phenoxy) is 3. The number of carbonyl (C=O) groups excluding carboxylic acids is 1. The van der Waals surface area contributed by atoms with Crippen molar-refractivity contribution in [3.63, 3.8) is 0 Å². The number of halogens is 1. The van der Waals surface area contributed by atoms with Crippen LogP contribution in [-0.4, -0.2) is 38.9 Å². The molecule has 0 amide bonds. The van der Waals surface area contributed by atoms with E-state index >= 15 is 0 Å². The van der Waals surface area contributed by atoms with Gasteiger partial charge in [-0.2, -0.15) is 0 Å². The fraction of sp³-hybridized carbons (Fsp3) is 0.194. The van der Waals surface area contributed by atoms with Gasteiger partial charge < -0.3 is 19.9 Å². The van der Waals surface area contributed by atoms with Crippen molar-refractivity contribution in [1.29, 1.82) is 0 Å². The second kappa shape index (κ2) is 14.2. The molecule has 4 aromatic rings. The minimum atomic E-state index is -1.27. The summed E-state index contributed by atoms with van der Waals surface area (Å²) >= 11 is 6.76. The molecule has 0 saturated heterocycles. The topological polar surface area (TPSA) is 70.8 Å². The van der Waals surface area contributed by atoms with Crippen molar-refractivity contribution < 1.29 is 19.0 Å². The van der Waals surface area contributed by atoms with E-state index in [2.05, 4.69) is 24.3 Å². The minimum absolute atomic E-state index is 0.224. The van der Waals surface area contributed by atoms with E-state index in [9.17, 15) is 4.79 Å². The number of carbonyl (C=O) groups is 1. The van der Waals surface area contributed by atoms with Crippen molar-refractivity contribution in [2.24, 2.45) is 5.73 Å². The largest absolute Gasteiger partial charge is 0.442 e. The number of nitrogens with two attached hydrogens (primary N) is 1. The van der Waals surface area contributed by atoms with Crippen molar-refractivity contribution in [2.75, 3.05) is 33.0 Å². The molecule has 0 heterocycles. The molecule has 4 rings (SSSR count). The zero-order valence-corrected chi connectivity index (χ0v) is 22.8. The zero-order chi connectivity index (χ0) is 26.6. The van der Waals surface area contributed by atoms with E-state index in [1.54, 1.807) is 6.07 Å². The van der Waals surface area contributed by atoms with Crippen molar-refractivity contribution in [1.82, 2.24) is 0 Å². The smallest absolute Gasteiger partial charge is 0.333 e. The van der Waals surface area contributed by atoms with Gasteiger partial charge in [0.15, 0.2) is 5.60 Å². The molecular formula is C31H31ClNO4P. The first-order chi connectivity index (χ1) is 18.6. The van der Waals surface area contributed by atoms with Crippen LogP contribution in [0.15, 0.2) is 109 Å². The highest BCUT2D eigenvalue weighted by atomic mass is 35.5. The molecule has 196 valence electrons. The lowest BCUT2D eigenvalue weighted by molar-refractivity contribution is -0.159. The van der Waals surface area contributed by atoms with E-state index in [0.717, 1.165) is 11.1 Å². The number of benzene rings is 4. The summed E-state index contributed by atoms with van der Waals surface area (Å²) in [5, 5.41) is 2.92. The molecule has 0 aliphatic heterocycles. The molecule has 2 atom stereocenters. The fourth-order valence-corrected chi connectivity index (χ4v) is 5.50. The normalized spacial score (nSPS) is 12.9. The Bertz CT molecular complexity index is 1290. The summed E-state index contributed by atoms with van der Waals surface area (Å²) in [5.74, 6) is -0.511. The lowest BCUT2D eigenvalue weighted by Crippen LogP contribution is -2.37. The van der Waals surface area contributed by atoms with Crippen molar-refractivity contribution in [3.8, 4) is 0 Å². The molecule has 5 nitrogen and oxygen atoms in total. The fourth-order valence-electron chi connectivity index (χ4n) is 4.21. The summed E-state index contributed by atoms with van der Waals surface area (Å²) in [4.78, 5) is 13.2. The van der Waals surface area contributed by atoms with Gasteiger partial charge in [-0.25, -0.2) is 4.79 Å². The van der Waals surface area contributed by atoms with Gasteiger partial charge in [0, 0.05) is 28.3 Å². The average Bonchev–Trinajstić information content (AvgIpc) is 2.95. The van der Waals surface area contributed by atoms with Gasteiger partial charge in [-0.1, -0.05) is 123 Å². The Balaban J connectivity index is 1.69. The lowest BCUT2D eigenvalue weighted by atomic mass is 9.80. The first-order valence-corrected chi connectivity index (χ1v) is 13.8. The number of esters is 1. The molecular weight excluding hydrogens is 517 g/mol. The van der Waals surface area contributed by atoms with E-state index in [0.29, 0.717) is 38.9 Å². The number of hydrogen-bond acceptors (Lipinski definition) is 5. The van der Waals surface area contributed by atoms with Crippen LogP contribution in [0.4, 0.5) is 0 Å². The Morgan fingerprint density at radius 1 is 0.711 bits per heavy atom. The van der Waals surface area contributed by atoms with Gasteiger partial charge >= 0.3 is 5.97 Å². The molecule has 0 saturated carbocycles. The molecule has 0 aliphatic rings. The van der Waals surface area contributed by atoms with Gasteiger partial charge in [-0.05, 0) is 16.7 Å². The third kappa shape index (κ3) is 7.08. The highest BCUT2D eigenvalue weighted by molar-refractivity contribution is 7.55. The van der Waals surface area contributed by atoms with Gasteiger partial charge in [-0.3, -0.25) is 0 Å². The summed E-state index contributed by atoms with van der Waals surface area (Å²) in [6.07, 6.45) is 0. The molecule has 7 heteroatoms. The molecule has 2 N–H and O–H groups in total. The molecule has 0 aliphatic carbocycles. The van der Waals surface area contributed by atoms with Gasteiger partial charge in [0.25, 0.3) is 0 Å². The molecule has 0 radical (unpaired) electrons. The van der Waals surface area contributed by atoms with Crippen LogP contribution < -0.4 is 16.3 Å². The monoisotopic (exact) mass is 547 g/mol. The number of rotatable bonds is 13. The molecule has 0 spiro atoms. The third-order valence-electron chi connectivity index (χ3n) is 5.91. The maximum absolute atomic E-state index is 13.2. The quantitative estimate of drug-likeness (QED) is 0.113. The Labute approximate surface area is 230 Å². The SMILES string of the molecule is NCCOCCOCC(=O)OC(c1ccccc1)(c1ccc(Pc2ccccc2)cc1)c1ccccc1Cl. The van der Waals surface area contributed by atoms with Crippen molar-refractivity contribution >= 4 is 36.8 Å². The summed E-state index contributed by atoms with van der Waals surface area (Å²) < 4.78 is 17.2. The summed E-state index contributed by atoms with van der Waals surface area (Å²) in [7, 11) is 0.509. The first-order valence-electron chi connectivity index (χ1n) is 12.4. The van der Waals surface area contributed by atoms with Crippen molar-refractivity contribution in [3.05, 3.63) is 131 Å². The van der Waals surface area contributed by atoms with E-state index in [-0.39, 0.29) is 13.2 Å². The maximum atomic E-state index is 13.2. The predicted octanol–water partition coefficient (Wildman–Crippen LogP) is 4.80.